The van der Waals surface area contributed by atoms with E-state index in [4.69, 9.17) is 5.73 Å². The Kier molecular flexibility index (Phi) is 2.18. The summed E-state index contributed by atoms with van der Waals surface area (Å²) in [5.41, 5.74) is 5.62. The number of aryl methyl sites for hydroxylation is 1. The number of aromatic nitrogens is 3. The van der Waals surface area contributed by atoms with Crippen LogP contribution in [0.5, 0.6) is 0 Å². The molecule has 0 radical (unpaired) electrons. The molecule has 5 nitrogen and oxygen atoms in total. The van der Waals surface area contributed by atoms with Crippen LogP contribution in [0.1, 0.15) is 24.6 Å². The third kappa shape index (κ3) is 1.65. The average Bonchev–Trinajstić information content (AvgIpc) is 2.49. The maximum absolute atomic E-state index is 5.62. The van der Waals surface area contributed by atoms with Crippen molar-refractivity contribution < 1.29 is 0 Å². The van der Waals surface area contributed by atoms with Crippen LogP contribution in [0.3, 0.4) is 0 Å². The predicted octanol–water partition coefficient (Wildman–Crippen LogP) is -0.136. The Morgan fingerprint density at radius 1 is 1.62 bits per heavy atom. The molecule has 1 aliphatic rings. The molecule has 3 N–H and O–H groups in total. The Morgan fingerprint density at radius 3 is 3.00 bits per heavy atom. The molecule has 2 rings (SSSR count). The molecule has 5 heteroatoms. The molecule has 0 amide bonds. The number of anilines is 1. The lowest BCUT2D eigenvalue weighted by atomic mass is 9.99. The largest absolute Gasteiger partial charge is 0.368 e. The SMILES string of the molecule is Cn1nc(C2CCCNC2)nc1N. The van der Waals surface area contributed by atoms with Crippen LogP contribution >= 0.6 is 0 Å². The van der Waals surface area contributed by atoms with E-state index in [2.05, 4.69) is 15.4 Å². The third-order valence-electron chi connectivity index (χ3n) is 2.48. The summed E-state index contributed by atoms with van der Waals surface area (Å²) in [6, 6.07) is 0. The van der Waals surface area contributed by atoms with Crippen LogP contribution in [0.2, 0.25) is 0 Å². The Balaban J connectivity index is 2.14. The Hall–Kier alpha value is -1.10. The summed E-state index contributed by atoms with van der Waals surface area (Å²) >= 11 is 0. The average molecular weight is 181 g/mol. The lowest BCUT2D eigenvalue weighted by Gasteiger charge is -2.19. The first kappa shape index (κ1) is 8.50. The van der Waals surface area contributed by atoms with E-state index in [1.54, 1.807) is 4.68 Å². The summed E-state index contributed by atoms with van der Waals surface area (Å²) in [7, 11) is 1.82. The minimum absolute atomic E-state index is 0.442. The van der Waals surface area contributed by atoms with Gasteiger partial charge in [0.05, 0.1) is 0 Å². The van der Waals surface area contributed by atoms with E-state index in [1.807, 2.05) is 7.05 Å². The quantitative estimate of drug-likeness (QED) is 0.633. The van der Waals surface area contributed by atoms with Gasteiger partial charge in [0, 0.05) is 19.5 Å². The normalized spacial score (nSPS) is 23.3. The van der Waals surface area contributed by atoms with Gasteiger partial charge >= 0.3 is 0 Å². The molecule has 1 aliphatic heterocycles. The molecule has 1 atom stereocenters. The number of nitrogen functional groups attached to an aromatic ring is 1. The van der Waals surface area contributed by atoms with Crippen molar-refractivity contribution in [2.24, 2.45) is 7.05 Å². The number of piperidine rings is 1. The van der Waals surface area contributed by atoms with E-state index in [0.717, 1.165) is 25.3 Å². The molecule has 0 bridgehead atoms. The maximum atomic E-state index is 5.62. The molecule has 1 aromatic heterocycles. The van der Waals surface area contributed by atoms with Crippen LogP contribution < -0.4 is 11.1 Å². The van der Waals surface area contributed by atoms with E-state index in [-0.39, 0.29) is 0 Å². The highest BCUT2D eigenvalue weighted by atomic mass is 15.4. The Bertz CT molecular complexity index is 267. The zero-order chi connectivity index (χ0) is 9.26. The van der Waals surface area contributed by atoms with Crippen LogP contribution in [0, 0.1) is 0 Å². The molecule has 72 valence electrons. The second kappa shape index (κ2) is 3.33. The molecule has 2 heterocycles. The van der Waals surface area contributed by atoms with Gasteiger partial charge in [0.15, 0.2) is 5.82 Å². The first-order chi connectivity index (χ1) is 6.27. The highest BCUT2D eigenvalue weighted by Gasteiger charge is 2.19. The van der Waals surface area contributed by atoms with Crippen molar-refractivity contribution in [3.05, 3.63) is 5.82 Å². The van der Waals surface area contributed by atoms with Crippen molar-refractivity contribution in [2.75, 3.05) is 18.8 Å². The molecule has 1 fully saturated rings. The fourth-order valence-corrected chi connectivity index (χ4v) is 1.66. The summed E-state index contributed by atoms with van der Waals surface area (Å²) in [6.45, 7) is 2.09. The van der Waals surface area contributed by atoms with E-state index in [0.29, 0.717) is 11.9 Å². The maximum Gasteiger partial charge on any atom is 0.218 e. The lowest BCUT2D eigenvalue weighted by molar-refractivity contribution is 0.445. The van der Waals surface area contributed by atoms with E-state index in [1.165, 1.54) is 6.42 Å². The topological polar surface area (TPSA) is 68.8 Å². The summed E-state index contributed by atoms with van der Waals surface area (Å²) in [5.74, 6) is 1.82. The van der Waals surface area contributed by atoms with Crippen molar-refractivity contribution in [3.63, 3.8) is 0 Å². The minimum atomic E-state index is 0.442. The lowest BCUT2D eigenvalue weighted by Crippen LogP contribution is -2.29. The molecular weight excluding hydrogens is 166 g/mol. The monoisotopic (exact) mass is 181 g/mol. The zero-order valence-electron chi connectivity index (χ0n) is 7.82. The van der Waals surface area contributed by atoms with Crippen molar-refractivity contribution >= 4 is 5.95 Å². The Morgan fingerprint density at radius 2 is 2.46 bits per heavy atom. The third-order valence-corrected chi connectivity index (χ3v) is 2.48. The number of hydrogen-bond donors (Lipinski definition) is 2. The first-order valence-corrected chi connectivity index (χ1v) is 4.64. The van der Waals surface area contributed by atoms with E-state index >= 15 is 0 Å². The molecule has 1 unspecified atom stereocenters. The van der Waals surface area contributed by atoms with Crippen molar-refractivity contribution in [2.45, 2.75) is 18.8 Å². The minimum Gasteiger partial charge on any atom is -0.368 e. The molecule has 0 spiro atoms. The van der Waals surface area contributed by atoms with E-state index < -0.39 is 0 Å². The highest BCUT2D eigenvalue weighted by molar-refractivity contribution is 5.17. The van der Waals surface area contributed by atoms with Crippen LogP contribution in [-0.2, 0) is 7.05 Å². The standard InChI is InChI=1S/C8H15N5/c1-13-8(9)11-7(12-13)6-3-2-4-10-5-6/h6,10H,2-5H2,1H3,(H2,9,11,12). The molecule has 0 aliphatic carbocycles. The van der Waals surface area contributed by atoms with Gasteiger partial charge in [-0.1, -0.05) is 0 Å². The van der Waals surface area contributed by atoms with Crippen LogP contribution in [-0.4, -0.2) is 27.9 Å². The smallest absolute Gasteiger partial charge is 0.218 e. The zero-order valence-corrected chi connectivity index (χ0v) is 7.82. The summed E-state index contributed by atoms with van der Waals surface area (Å²) in [5, 5.41) is 7.61. The van der Waals surface area contributed by atoms with Gasteiger partial charge in [-0.25, -0.2) is 4.68 Å². The molecule has 0 aromatic carbocycles. The second-order valence-electron chi connectivity index (χ2n) is 3.50. The number of rotatable bonds is 1. The van der Waals surface area contributed by atoms with Gasteiger partial charge in [0.25, 0.3) is 0 Å². The van der Waals surface area contributed by atoms with Crippen LogP contribution in [0.15, 0.2) is 0 Å². The molecule has 1 aromatic rings. The van der Waals surface area contributed by atoms with Gasteiger partial charge in [-0.3, -0.25) is 0 Å². The van der Waals surface area contributed by atoms with Crippen molar-refractivity contribution in [1.29, 1.82) is 0 Å². The predicted molar refractivity (Wildman–Crippen MR) is 50.3 cm³/mol. The summed E-state index contributed by atoms with van der Waals surface area (Å²) in [6.07, 6.45) is 2.36. The summed E-state index contributed by atoms with van der Waals surface area (Å²) < 4.78 is 1.63. The molecule has 13 heavy (non-hydrogen) atoms. The summed E-state index contributed by atoms with van der Waals surface area (Å²) in [4.78, 5) is 4.22. The number of nitrogens with zero attached hydrogens (tertiary/aromatic N) is 3. The first-order valence-electron chi connectivity index (χ1n) is 4.64. The van der Waals surface area contributed by atoms with Gasteiger partial charge < -0.3 is 11.1 Å². The molecule has 1 saturated heterocycles. The fraction of sp³-hybridized carbons (Fsp3) is 0.750. The van der Waals surface area contributed by atoms with E-state index in [9.17, 15) is 0 Å². The molecular formula is C8H15N5. The van der Waals surface area contributed by atoms with Gasteiger partial charge in [0.2, 0.25) is 5.95 Å². The van der Waals surface area contributed by atoms with Gasteiger partial charge in [0.1, 0.15) is 0 Å². The number of nitrogens with one attached hydrogen (secondary N) is 1. The van der Waals surface area contributed by atoms with Crippen molar-refractivity contribution in [3.8, 4) is 0 Å². The van der Waals surface area contributed by atoms with Gasteiger partial charge in [-0.15, -0.1) is 0 Å². The number of hydrogen-bond acceptors (Lipinski definition) is 4. The van der Waals surface area contributed by atoms with Crippen molar-refractivity contribution in [1.82, 2.24) is 20.1 Å². The highest BCUT2D eigenvalue weighted by Crippen LogP contribution is 2.20. The number of nitrogens with two attached hydrogens (primary N) is 1. The van der Waals surface area contributed by atoms with Gasteiger partial charge in [-0.05, 0) is 19.4 Å². The molecule has 0 saturated carbocycles. The second-order valence-corrected chi connectivity index (χ2v) is 3.50. The van der Waals surface area contributed by atoms with Crippen LogP contribution in [0.4, 0.5) is 5.95 Å². The van der Waals surface area contributed by atoms with Gasteiger partial charge in [-0.2, -0.15) is 10.1 Å². The fourth-order valence-electron chi connectivity index (χ4n) is 1.66. The van der Waals surface area contributed by atoms with Crippen LogP contribution in [0.25, 0.3) is 0 Å². The Labute approximate surface area is 77.3 Å².